The van der Waals surface area contributed by atoms with Crippen molar-refractivity contribution >= 4 is 21.7 Å². The molecular weight excluding hydrogens is 249 g/mol. The highest BCUT2D eigenvalue weighted by Gasteiger charge is 2.13. The Morgan fingerprint density at radius 1 is 1.05 bits per heavy atom. The molecule has 0 amide bonds. The van der Waals surface area contributed by atoms with Gasteiger partial charge in [0, 0.05) is 30.0 Å². The molecule has 0 aliphatic heterocycles. The highest BCUT2D eigenvalue weighted by molar-refractivity contribution is 6.06. The quantitative estimate of drug-likeness (QED) is 0.609. The molecule has 96 valence electrons. The maximum absolute atomic E-state index is 14.0. The lowest BCUT2D eigenvalue weighted by molar-refractivity contribution is 0.470. The summed E-state index contributed by atoms with van der Waals surface area (Å²) < 4.78 is 15.3. The molecule has 0 aliphatic carbocycles. The Morgan fingerprint density at radius 3 is 2.53 bits per heavy atom. The molecule has 5 heteroatoms. The first kappa shape index (κ1) is 11.5. The van der Waals surface area contributed by atoms with Crippen LogP contribution in [0.4, 0.5) is 4.39 Å². The third-order valence-electron chi connectivity index (χ3n) is 3.22. The zero-order valence-electron chi connectivity index (χ0n) is 10.0. The first-order chi connectivity index (χ1) is 8.99. The maximum Gasteiger partial charge on any atom is 0.258 e. The Balaban J connectivity index is 2.71. The van der Waals surface area contributed by atoms with E-state index in [1.165, 1.54) is 29.8 Å². The Labute approximate surface area is 107 Å². The van der Waals surface area contributed by atoms with Gasteiger partial charge in [-0.1, -0.05) is 0 Å². The van der Waals surface area contributed by atoms with Crippen molar-refractivity contribution < 1.29 is 14.6 Å². The van der Waals surface area contributed by atoms with Crippen LogP contribution in [0.1, 0.15) is 0 Å². The summed E-state index contributed by atoms with van der Waals surface area (Å²) in [5.41, 5.74) is 0.00462. The largest absolute Gasteiger partial charge is 0.508 e. The molecule has 1 aromatic heterocycles. The van der Waals surface area contributed by atoms with Crippen molar-refractivity contribution in [3.05, 3.63) is 46.5 Å². The normalized spacial score (nSPS) is 11.3. The summed E-state index contributed by atoms with van der Waals surface area (Å²) in [6, 6.07) is 6.59. The first-order valence-electron chi connectivity index (χ1n) is 5.63. The summed E-state index contributed by atoms with van der Waals surface area (Å²) in [7, 11) is 1.53. The molecule has 3 rings (SSSR count). The number of hydrogen-bond acceptors (Lipinski definition) is 3. The van der Waals surface area contributed by atoms with E-state index in [-0.39, 0.29) is 22.3 Å². The van der Waals surface area contributed by atoms with Crippen LogP contribution < -0.4 is 5.56 Å². The standard InChI is InChI=1S/C14H10FNO3/c1-16-12-6-7(17)2-3-9(12)13-10(14(16)19)4-8(18)5-11(13)15/h2-6,17-18H,1H3. The van der Waals surface area contributed by atoms with Gasteiger partial charge in [-0.15, -0.1) is 0 Å². The van der Waals surface area contributed by atoms with Crippen LogP contribution in [-0.2, 0) is 7.05 Å². The number of aryl methyl sites for hydroxylation is 1. The Kier molecular flexibility index (Phi) is 2.25. The lowest BCUT2D eigenvalue weighted by Gasteiger charge is -2.10. The van der Waals surface area contributed by atoms with E-state index < -0.39 is 11.4 Å². The number of phenols is 2. The predicted octanol–water partition coefficient (Wildman–Crippen LogP) is 2.24. The van der Waals surface area contributed by atoms with Gasteiger partial charge < -0.3 is 14.8 Å². The molecule has 0 unspecified atom stereocenters. The van der Waals surface area contributed by atoms with Gasteiger partial charge in [-0.3, -0.25) is 4.79 Å². The van der Waals surface area contributed by atoms with E-state index in [4.69, 9.17) is 0 Å². The molecule has 3 aromatic rings. The van der Waals surface area contributed by atoms with Crippen LogP contribution in [0.2, 0.25) is 0 Å². The minimum absolute atomic E-state index is 0.000960. The van der Waals surface area contributed by atoms with Gasteiger partial charge in [-0.2, -0.15) is 0 Å². The number of aromatic hydroxyl groups is 2. The smallest absolute Gasteiger partial charge is 0.258 e. The summed E-state index contributed by atoms with van der Waals surface area (Å²) in [6.45, 7) is 0. The van der Waals surface area contributed by atoms with Crippen molar-refractivity contribution in [3.8, 4) is 11.5 Å². The second kappa shape index (κ2) is 3.71. The number of phenolic OH excluding ortho intramolecular Hbond substituents is 2. The molecule has 0 aliphatic rings. The van der Waals surface area contributed by atoms with Gasteiger partial charge in [-0.25, -0.2) is 4.39 Å². The molecule has 0 radical (unpaired) electrons. The third-order valence-corrected chi connectivity index (χ3v) is 3.22. The lowest BCUT2D eigenvalue weighted by Crippen LogP contribution is -2.17. The zero-order valence-corrected chi connectivity index (χ0v) is 10.0. The monoisotopic (exact) mass is 259 g/mol. The summed E-state index contributed by atoms with van der Waals surface area (Å²) >= 11 is 0. The molecule has 0 spiro atoms. The van der Waals surface area contributed by atoms with Gasteiger partial charge in [0.05, 0.1) is 10.9 Å². The number of benzene rings is 2. The van der Waals surface area contributed by atoms with Crippen LogP contribution in [0.5, 0.6) is 11.5 Å². The molecule has 2 N–H and O–H groups in total. The topological polar surface area (TPSA) is 62.5 Å². The molecule has 0 saturated carbocycles. The Bertz CT molecular complexity index is 883. The lowest BCUT2D eigenvalue weighted by atomic mass is 10.0. The molecule has 0 atom stereocenters. The van der Waals surface area contributed by atoms with Gasteiger partial charge in [0.15, 0.2) is 0 Å². The van der Waals surface area contributed by atoms with Crippen molar-refractivity contribution in [2.24, 2.45) is 7.05 Å². The number of hydrogen-bond donors (Lipinski definition) is 2. The van der Waals surface area contributed by atoms with Gasteiger partial charge in [0.2, 0.25) is 0 Å². The van der Waals surface area contributed by atoms with E-state index in [2.05, 4.69) is 0 Å². The summed E-state index contributed by atoms with van der Waals surface area (Å²) in [5.74, 6) is -0.954. The average molecular weight is 259 g/mol. The summed E-state index contributed by atoms with van der Waals surface area (Å²) in [6.07, 6.45) is 0. The minimum Gasteiger partial charge on any atom is -0.508 e. The fourth-order valence-corrected chi connectivity index (χ4v) is 2.33. The van der Waals surface area contributed by atoms with Gasteiger partial charge in [-0.05, 0) is 18.2 Å². The van der Waals surface area contributed by atoms with Crippen LogP contribution in [0.15, 0.2) is 35.1 Å². The number of rotatable bonds is 0. The van der Waals surface area contributed by atoms with Crippen LogP contribution in [0, 0.1) is 5.82 Å². The second-order valence-corrected chi connectivity index (χ2v) is 4.42. The summed E-state index contributed by atoms with van der Waals surface area (Å²) in [4.78, 5) is 12.2. The zero-order chi connectivity index (χ0) is 13.7. The average Bonchev–Trinajstić information content (AvgIpc) is 2.35. The summed E-state index contributed by atoms with van der Waals surface area (Å²) in [5, 5.41) is 19.7. The first-order valence-corrected chi connectivity index (χ1v) is 5.63. The van der Waals surface area contributed by atoms with E-state index >= 15 is 0 Å². The van der Waals surface area contributed by atoms with Crippen LogP contribution >= 0.6 is 0 Å². The van der Waals surface area contributed by atoms with E-state index in [0.717, 1.165) is 6.07 Å². The van der Waals surface area contributed by atoms with Crippen molar-refractivity contribution in [2.45, 2.75) is 0 Å². The SMILES string of the molecule is Cn1c(=O)c2cc(O)cc(F)c2c2ccc(O)cc21. The highest BCUT2D eigenvalue weighted by Crippen LogP contribution is 2.29. The molecule has 0 saturated heterocycles. The van der Waals surface area contributed by atoms with Gasteiger partial charge in [0.1, 0.15) is 17.3 Å². The minimum atomic E-state index is -0.664. The molecular formula is C14H10FNO3. The number of fused-ring (bicyclic) bond motifs is 3. The van der Waals surface area contributed by atoms with Crippen LogP contribution in [0.25, 0.3) is 21.7 Å². The molecule has 0 bridgehead atoms. The van der Waals surface area contributed by atoms with Crippen LogP contribution in [-0.4, -0.2) is 14.8 Å². The fourth-order valence-electron chi connectivity index (χ4n) is 2.33. The van der Waals surface area contributed by atoms with E-state index in [1.807, 2.05) is 0 Å². The van der Waals surface area contributed by atoms with Crippen molar-refractivity contribution in [2.75, 3.05) is 0 Å². The third kappa shape index (κ3) is 1.55. The molecule has 19 heavy (non-hydrogen) atoms. The second-order valence-electron chi connectivity index (χ2n) is 4.42. The van der Waals surface area contributed by atoms with Crippen LogP contribution in [0.3, 0.4) is 0 Å². The number of aromatic nitrogens is 1. The van der Waals surface area contributed by atoms with Crippen molar-refractivity contribution in [3.63, 3.8) is 0 Å². The van der Waals surface area contributed by atoms with Crippen molar-refractivity contribution in [1.82, 2.24) is 4.57 Å². The molecule has 0 fully saturated rings. The van der Waals surface area contributed by atoms with E-state index in [9.17, 15) is 19.4 Å². The number of pyridine rings is 1. The van der Waals surface area contributed by atoms with Crippen molar-refractivity contribution in [1.29, 1.82) is 0 Å². The maximum atomic E-state index is 14.0. The molecule has 2 aromatic carbocycles. The Morgan fingerprint density at radius 2 is 1.79 bits per heavy atom. The molecule has 4 nitrogen and oxygen atoms in total. The van der Waals surface area contributed by atoms with E-state index in [0.29, 0.717) is 10.9 Å². The van der Waals surface area contributed by atoms with E-state index in [1.54, 1.807) is 6.07 Å². The highest BCUT2D eigenvalue weighted by atomic mass is 19.1. The fraction of sp³-hybridized carbons (Fsp3) is 0.0714. The molecule has 1 heterocycles. The van der Waals surface area contributed by atoms with Gasteiger partial charge >= 0.3 is 0 Å². The number of halogens is 1. The van der Waals surface area contributed by atoms with Gasteiger partial charge in [0.25, 0.3) is 5.56 Å². The predicted molar refractivity (Wildman–Crippen MR) is 70.0 cm³/mol. The Hall–Kier alpha value is -2.56. The number of nitrogens with zero attached hydrogens (tertiary/aromatic N) is 1.